The van der Waals surface area contributed by atoms with Gasteiger partial charge in [0.1, 0.15) is 0 Å². The van der Waals surface area contributed by atoms with Gasteiger partial charge in [0, 0.05) is 24.3 Å². The third-order valence-corrected chi connectivity index (χ3v) is 2.02. The minimum absolute atomic E-state index is 0.299. The monoisotopic (exact) mass is 183 g/mol. The van der Waals surface area contributed by atoms with Gasteiger partial charge in [-0.05, 0) is 20.8 Å². The zero-order valence-corrected chi connectivity index (χ0v) is 8.39. The van der Waals surface area contributed by atoms with Gasteiger partial charge in [0.05, 0.1) is 11.8 Å². The molecule has 0 aliphatic carbocycles. The van der Waals surface area contributed by atoms with Crippen LogP contribution in [-0.2, 0) is 6.54 Å². The number of aliphatic hydroxyl groups excluding tert-OH is 1. The van der Waals surface area contributed by atoms with E-state index in [4.69, 9.17) is 5.11 Å². The molecule has 3 N–H and O–H groups in total. The molecule has 0 aliphatic rings. The van der Waals surface area contributed by atoms with Crippen molar-refractivity contribution in [2.24, 2.45) is 0 Å². The minimum Gasteiger partial charge on any atom is -0.392 e. The van der Waals surface area contributed by atoms with E-state index in [1.807, 2.05) is 13.8 Å². The molecular formula is C9H17N3O. The van der Waals surface area contributed by atoms with Gasteiger partial charge in [-0.15, -0.1) is 0 Å². The summed E-state index contributed by atoms with van der Waals surface area (Å²) in [7, 11) is 0. The maximum absolute atomic E-state index is 9.03. The van der Waals surface area contributed by atoms with Crippen LogP contribution in [0.3, 0.4) is 0 Å². The van der Waals surface area contributed by atoms with Crippen molar-refractivity contribution in [2.45, 2.75) is 33.4 Å². The van der Waals surface area contributed by atoms with E-state index in [-0.39, 0.29) is 6.10 Å². The summed E-state index contributed by atoms with van der Waals surface area (Å²) in [6.45, 7) is 7.12. The Morgan fingerprint density at radius 3 is 2.69 bits per heavy atom. The second-order valence-electron chi connectivity index (χ2n) is 3.39. The normalized spacial score (nSPS) is 13.2. The lowest BCUT2D eigenvalue weighted by Gasteiger charge is -2.06. The molecule has 0 fully saturated rings. The SMILES string of the molecule is Cc1n[nH]c(C)c1CNC[C@H](C)O. The van der Waals surface area contributed by atoms with Crippen LogP contribution in [0.1, 0.15) is 23.9 Å². The Morgan fingerprint density at radius 1 is 1.54 bits per heavy atom. The molecule has 0 unspecified atom stereocenters. The number of aromatic amines is 1. The van der Waals surface area contributed by atoms with E-state index in [9.17, 15) is 0 Å². The van der Waals surface area contributed by atoms with E-state index in [0.29, 0.717) is 6.54 Å². The van der Waals surface area contributed by atoms with Crippen LogP contribution in [-0.4, -0.2) is 28.0 Å². The lowest BCUT2D eigenvalue weighted by molar-refractivity contribution is 0.191. The van der Waals surface area contributed by atoms with Gasteiger partial charge in [-0.2, -0.15) is 5.10 Å². The molecule has 0 radical (unpaired) electrons. The van der Waals surface area contributed by atoms with Crippen LogP contribution in [0, 0.1) is 13.8 Å². The topological polar surface area (TPSA) is 60.9 Å². The molecule has 1 rings (SSSR count). The number of H-pyrrole nitrogens is 1. The molecule has 0 amide bonds. The van der Waals surface area contributed by atoms with Crippen LogP contribution in [0.5, 0.6) is 0 Å². The number of rotatable bonds is 4. The van der Waals surface area contributed by atoms with Crippen molar-refractivity contribution in [3.63, 3.8) is 0 Å². The Morgan fingerprint density at radius 2 is 2.23 bits per heavy atom. The highest BCUT2D eigenvalue weighted by molar-refractivity contribution is 5.22. The smallest absolute Gasteiger partial charge is 0.0638 e. The molecule has 4 nitrogen and oxygen atoms in total. The Bertz CT molecular complexity index is 248. The average Bonchev–Trinajstić information content (AvgIpc) is 2.34. The first-order chi connectivity index (χ1) is 6.11. The van der Waals surface area contributed by atoms with E-state index in [1.165, 1.54) is 5.56 Å². The van der Waals surface area contributed by atoms with Gasteiger partial charge in [0.25, 0.3) is 0 Å². The lowest BCUT2D eigenvalue weighted by Crippen LogP contribution is -2.24. The Labute approximate surface area is 78.4 Å². The molecule has 0 saturated heterocycles. The second kappa shape index (κ2) is 4.39. The fourth-order valence-electron chi connectivity index (χ4n) is 1.24. The number of hydrogen-bond donors (Lipinski definition) is 3. The molecule has 74 valence electrons. The molecule has 0 saturated carbocycles. The van der Waals surface area contributed by atoms with Crippen LogP contribution in [0.15, 0.2) is 0 Å². The fourth-order valence-corrected chi connectivity index (χ4v) is 1.24. The van der Waals surface area contributed by atoms with Crippen LogP contribution in [0.2, 0.25) is 0 Å². The first-order valence-electron chi connectivity index (χ1n) is 4.50. The number of nitrogens with one attached hydrogen (secondary N) is 2. The van der Waals surface area contributed by atoms with E-state index in [1.54, 1.807) is 6.92 Å². The largest absolute Gasteiger partial charge is 0.392 e. The van der Waals surface area contributed by atoms with Crippen molar-refractivity contribution in [1.29, 1.82) is 0 Å². The Kier molecular flexibility index (Phi) is 3.45. The molecule has 13 heavy (non-hydrogen) atoms. The quantitative estimate of drug-likeness (QED) is 0.637. The van der Waals surface area contributed by atoms with E-state index >= 15 is 0 Å². The summed E-state index contributed by atoms with van der Waals surface area (Å²) in [6.07, 6.45) is -0.299. The highest BCUT2D eigenvalue weighted by atomic mass is 16.3. The van der Waals surface area contributed by atoms with Crippen molar-refractivity contribution in [2.75, 3.05) is 6.54 Å². The molecule has 0 aromatic carbocycles. The van der Waals surface area contributed by atoms with Crippen LogP contribution in [0.25, 0.3) is 0 Å². The highest BCUT2D eigenvalue weighted by Gasteiger charge is 2.05. The number of aliphatic hydroxyl groups is 1. The maximum Gasteiger partial charge on any atom is 0.0638 e. The van der Waals surface area contributed by atoms with Gasteiger partial charge in [0.2, 0.25) is 0 Å². The summed E-state index contributed by atoms with van der Waals surface area (Å²) in [5.74, 6) is 0. The molecular weight excluding hydrogens is 166 g/mol. The van der Waals surface area contributed by atoms with Crippen molar-refractivity contribution in [3.05, 3.63) is 17.0 Å². The molecule has 0 bridgehead atoms. The minimum atomic E-state index is -0.299. The van der Waals surface area contributed by atoms with Gasteiger partial charge in [-0.3, -0.25) is 5.10 Å². The zero-order valence-electron chi connectivity index (χ0n) is 8.39. The van der Waals surface area contributed by atoms with Crippen molar-refractivity contribution in [3.8, 4) is 0 Å². The first-order valence-corrected chi connectivity index (χ1v) is 4.50. The Balaban J connectivity index is 2.44. The van der Waals surface area contributed by atoms with Crippen LogP contribution in [0.4, 0.5) is 0 Å². The van der Waals surface area contributed by atoms with Gasteiger partial charge in [0.15, 0.2) is 0 Å². The summed E-state index contributed by atoms with van der Waals surface area (Å²) in [6, 6.07) is 0. The van der Waals surface area contributed by atoms with Crippen molar-refractivity contribution < 1.29 is 5.11 Å². The molecule has 1 heterocycles. The van der Waals surface area contributed by atoms with Crippen LogP contribution >= 0.6 is 0 Å². The van der Waals surface area contributed by atoms with Crippen molar-refractivity contribution in [1.82, 2.24) is 15.5 Å². The summed E-state index contributed by atoms with van der Waals surface area (Å²) >= 11 is 0. The number of aryl methyl sites for hydroxylation is 2. The molecule has 1 aromatic rings. The van der Waals surface area contributed by atoms with Gasteiger partial charge < -0.3 is 10.4 Å². The van der Waals surface area contributed by atoms with E-state index < -0.39 is 0 Å². The predicted octanol–water partition coefficient (Wildman–Crippen LogP) is 0.497. The van der Waals surface area contributed by atoms with Crippen LogP contribution < -0.4 is 5.32 Å². The summed E-state index contributed by atoms with van der Waals surface area (Å²) < 4.78 is 0. The van der Waals surface area contributed by atoms with Gasteiger partial charge in [-0.1, -0.05) is 0 Å². The van der Waals surface area contributed by atoms with Gasteiger partial charge in [-0.25, -0.2) is 0 Å². The third kappa shape index (κ3) is 2.82. The summed E-state index contributed by atoms with van der Waals surface area (Å²) in [4.78, 5) is 0. The van der Waals surface area contributed by atoms with E-state index in [0.717, 1.165) is 17.9 Å². The molecule has 1 aromatic heterocycles. The first kappa shape index (κ1) is 10.2. The molecule has 0 spiro atoms. The highest BCUT2D eigenvalue weighted by Crippen LogP contribution is 2.07. The molecule has 0 aliphatic heterocycles. The fraction of sp³-hybridized carbons (Fsp3) is 0.667. The lowest BCUT2D eigenvalue weighted by atomic mass is 10.2. The van der Waals surface area contributed by atoms with Crippen molar-refractivity contribution >= 4 is 0 Å². The van der Waals surface area contributed by atoms with E-state index in [2.05, 4.69) is 15.5 Å². The predicted molar refractivity (Wildman–Crippen MR) is 51.4 cm³/mol. The summed E-state index contributed by atoms with van der Waals surface area (Å²) in [5.41, 5.74) is 3.31. The Hall–Kier alpha value is -0.870. The zero-order chi connectivity index (χ0) is 9.84. The average molecular weight is 183 g/mol. The second-order valence-corrected chi connectivity index (χ2v) is 3.39. The number of hydrogen-bond acceptors (Lipinski definition) is 3. The number of nitrogens with zero attached hydrogens (tertiary/aromatic N) is 1. The molecule has 4 heteroatoms. The van der Waals surface area contributed by atoms with Gasteiger partial charge >= 0.3 is 0 Å². The summed E-state index contributed by atoms with van der Waals surface area (Å²) in [5, 5.41) is 19.2. The standard InChI is InChI=1S/C9H17N3O/c1-6(13)4-10-5-9-7(2)11-12-8(9)3/h6,10,13H,4-5H2,1-3H3,(H,11,12)/t6-/m0/s1. The number of aromatic nitrogens is 2. The molecule has 1 atom stereocenters. The third-order valence-electron chi connectivity index (χ3n) is 2.02. The maximum atomic E-state index is 9.03.